The monoisotopic (exact) mass is 284 g/mol. The molecule has 21 heavy (non-hydrogen) atoms. The summed E-state index contributed by atoms with van der Waals surface area (Å²) in [4.78, 5) is 11.3. The third-order valence-electron chi connectivity index (χ3n) is 3.95. The summed E-state index contributed by atoms with van der Waals surface area (Å²) in [5.41, 5.74) is 3.82. The molecule has 1 unspecified atom stereocenters. The average molecular weight is 284 g/mol. The first-order valence-electron chi connectivity index (χ1n) is 7.52. The molecule has 0 aliphatic carbocycles. The summed E-state index contributed by atoms with van der Waals surface area (Å²) in [5.74, 6) is 0. The van der Waals surface area contributed by atoms with Crippen LogP contribution in [-0.4, -0.2) is 16.1 Å². The lowest BCUT2D eigenvalue weighted by atomic mass is 9.86. The van der Waals surface area contributed by atoms with Crippen molar-refractivity contribution in [3.8, 4) is 11.3 Å². The first kappa shape index (κ1) is 15.5. The summed E-state index contributed by atoms with van der Waals surface area (Å²) in [5, 5.41) is 4.60. The second-order valence-corrected chi connectivity index (χ2v) is 6.62. The van der Waals surface area contributed by atoms with E-state index in [0.717, 1.165) is 24.0 Å². The number of hydrogen-bond acceptors (Lipinski definition) is 2. The van der Waals surface area contributed by atoms with Gasteiger partial charge in [-0.2, -0.15) is 5.10 Å². The van der Waals surface area contributed by atoms with Crippen LogP contribution in [0, 0.1) is 0 Å². The van der Waals surface area contributed by atoms with E-state index < -0.39 is 0 Å². The van der Waals surface area contributed by atoms with Crippen molar-refractivity contribution in [2.75, 3.05) is 0 Å². The maximum atomic E-state index is 11.3. The highest BCUT2D eigenvalue weighted by atomic mass is 16.1. The molecule has 0 aliphatic rings. The molecule has 0 radical (unpaired) electrons. The molecule has 3 heteroatoms. The van der Waals surface area contributed by atoms with Gasteiger partial charge in [0.2, 0.25) is 0 Å². The molecule has 0 fully saturated rings. The maximum absolute atomic E-state index is 11.3. The Morgan fingerprint density at radius 3 is 2.33 bits per heavy atom. The number of rotatable bonds is 4. The molecule has 1 heterocycles. The molecular weight excluding hydrogens is 260 g/mol. The fourth-order valence-electron chi connectivity index (χ4n) is 2.26. The van der Waals surface area contributed by atoms with Gasteiger partial charge in [0.05, 0.1) is 5.56 Å². The molecule has 112 valence electrons. The predicted molar refractivity (Wildman–Crippen MR) is 86.8 cm³/mol. The third kappa shape index (κ3) is 3.23. The predicted octanol–water partition coefficient (Wildman–Crippen LogP) is 4.63. The number of benzene rings is 1. The van der Waals surface area contributed by atoms with Crippen molar-refractivity contribution in [1.29, 1.82) is 0 Å². The Bertz CT molecular complexity index is 618. The molecule has 0 bridgehead atoms. The fourth-order valence-corrected chi connectivity index (χ4v) is 2.26. The summed E-state index contributed by atoms with van der Waals surface area (Å²) in [6.07, 6.45) is 3.72. The van der Waals surface area contributed by atoms with E-state index in [2.05, 4.69) is 64.0 Å². The Labute approximate surface area is 127 Å². The number of aldehydes is 1. The van der Waals surface area contributed by atoms with Gasteiger partial charge in [-0.25, -0.2) is 0 Å². The molecule has 0 saturated heterocycles. The van der Waals surface area contributed by atoms with Gasteiger partial charge in [-0.1, -0.05) is 52.0 Å². The van der Waals surface area contributed by atoms with Crippen molar-refractivity contribution < 1.29 is 4.79 Å². The first-order chi connectivity index (χ1) is 9.86. The SMILES string of the molecule is CCC(C)n1cc(C=O)c(-c2ccc(C(C)(C)C)cc2)n1. The lowest BCUT2D eigenvalue weighted by molar-refractivity contribution is 0.112. The molecule has 1 aromatic carbocycles. The van der Waals surface area contributed by atoms with Crippen LogP contribution in [0.1, 0.15) is 63.0 Å². The van der Waals surface area contributed by atoms with Gasteiger partial charge in [-0.15, -0.1) is 0 Å². The molecule has 1 aromatic heterocycles. The van der Waals surface area contributed by atoms with Crippen molar-refractivity contribution in [3.63, 3.8) is 0 Å². The van der Waals surface area contributed by atoms with E-state index in [1.54, 1.807) is 0 Å². The highest BCUT2D eigenvalue weighted by Gasteiger charge is 2.16. The molecule has 0 amide bonds. The van der Waals surface area contributed by atoms with E-state index in [4.69, 9.17) is 0 Å². The number of carbonyl (C=O) groups is 1. The molecule has 0 N–H and O–H groups in total. The highest BCUT2D eigenvalue weighted by Crippen LogP contribution is 2.27. The Kier molecular flexibility index (Phi) is 4.31. The van der Waals surface area contributed by atoms with Gasteiger partial charge in [-0.05, 0) is 24.3 Å². The van der Waals surface area contributed by atoms with Crippen molar-refractivity contribution in [3.05, 3.63) is 41.6 Å². The minimum absolute atomic E-state index is 0.127. The van der Waals surface area contributed by atoms with Crippen LogP contribution in [0.2, 0.25) is 0 Å². The van der Waals surface area contributed by atoms with E-state index >= 15 is 0 Å². The van der Waals surface area contributed by atoms with Gasteiger partial charge in [0, 0.05) is 17.8 Å². The standard InChI is InChI=1S/C18H24N2O/c1-6-13(2)20-11-15(12-21)17(19-20)14-7-9-16(10-8-14)18(3,4)5/h7-13H,6H2,1-5H3. The van der Waals surface area contributed by atoms with Crippen molar-refractivity contribution in [2.45, 2.75) is 52.5 Å². The number of aromatic nitrogens is 2. The fraction of sp³-hybridized carbons (Fsp3) is 0.444. The Balaban J connectivity index is 2.41. The third-order valence-corrected chi connectivity index (χ3v) is 3.95. The molecular formula is C18H24N2O. The second-order valence-electron chi connectivity index (χ2n) is 6.62. The highest BCUT2D eigenvalue weighted by molar-refractivity contribution is 5.85. The first-order valence-corrected chi connectivity index (χ1v) is 7.52. The molecule has 3 nitrogen and oxygen atoms in total. The normalized spacial score (nSPS) is 13.2. The number of hydrogen-bond donors (Lipinski definition) is 0. The second kappa shape index (κ2) is 5.84. The Morgan fingerprint density at radius 2 is 1.86 bits per heavy atom. The van der Waals surface area contributed by atoms with Gasteiger partial charge in [0.25, 0.3) is 0 Å². The summed E-state index contributed by atoms with van der Waals surface area (Å²) >= 11 is 0. The van der Waals surface area contributed by atoms with Crippen molar-refractivity contribution in [2.24, 2.45) is 0 Å². The summed E-state index contributed by atoms with van der Waals surface area (Å²) in [6, 6.07) is 8.64. The molecule has 2 aromatic rings. The minimum atomic E-state index is 0.127. The lowest BCUT2D eigenvalue weighted by Gasteiger charge is -2.19. The Morgan fingerprint density at radius 1 is 1.24 bits per heavy atom. The zero-order valence-electron chi connectivity index (χ0n) is 13.6. The summed E-state index contributed by atoms with van der Waals surface area (Å²) in [7, 11) is 0. The molecule has 1 atom stereocenters. The number of carbonyl (C=O) groups excluding carboxylic acids is 1. The van der Waals surface area contributed by atoms with E-state index in [-0.39, 0.29) is 5.41 Å². The van der Waals surface area contributed by atoms with Gasteiger partial charge in [-0.3, -0.25) is 9.48 Å². The smallest absolute Gasteiger partial charge is 0.153 e. The molecule has 0 aliphatic heterocycles. The van der Waals surface area contributed by atoms with Crippen LogP contribution in [0.15, 0.2) is 30.5 Å². The van der Waals surface area contributed by atoms with Gasteiger partial charge < -0.3 is 0 Å². The number of nitrogens with zero attached hydrogens (tertiary/aromatic N) is 2. The Hall–Kier alpha value is -1.90. The van der Waals surface area contributed by atoms with Crippen LogP contribution in [-0.2, 0) is 5.41 Å². The van der Waals surface area contributed by atoms with Gasteiger partial charge >= 0.3 is 0 Å². The maximum Gasteiger partial charge on any atom is 0.153 e. The van der Waals surface area contributed by atoms with Crippen LogP contribution in [0.25, 0.3) is 11.3 Å². The van der Waals surface area contributed by atoms with Crippen molar-refractivity contribution >= 4 is 6.29 Å². The quantitative estimate of drug-likeness (QED) is 0.767. The van der Waals surface area contributed by atoms with E-state index in [0.29, 0.717) is 11.6 Å². The molecule has 0 saturated carbocycles. The topological polar surface area (TPSA) is 34.9 Å². The van der Waals surface area contributed by atoms with Crippen LogP contribution in [0.3, 0.4) is 0 Å². The zero-order chi connectivity index (χ0) is 15.6. The molecule has 0 spiro atoms. The van der Waals surface area contributed by atoms with Crippen LogP contribution < -0.4 is 0 Å². The van der Waals surface area contributed by atoms with Crippen LogP contribution >= 0.6 is 0 Å². The summed E-state index contributed by atoms with van der Waals surface area (Å²) < 4.78 is 1.89. The average Bonchev–Trinajstić information content (AvgIpc) is 2.90. The van der Waals surface area contributed by atoms with Crippen LogP contribution in [0.4, 0.5) is 0 Å². The minimum Gasteiger partial charge on any atom is -0.298 e. The van der Waals surface area contributed by atoms with Crippen LogP contribution in [0.5, 0.6) is 0 Å². The lowest BCUT2D eigenvalue weighted by Crippen LogP contribution is -2.10. The van der Waals surface area contributed by atoms with E-state index in [1.165, 1.54) is 5.56 Å². The van der Waals surface area contributed by atoms with Gasteiger partial charge in [0.15, 0.2) is 6.29 Å². The van der Waals surface area contributed by atoms with E-state index in [9.17, 15) is 4.79 Å². The van der Waals surface area contributed by atoms with E-state index in [1.807, 2.05) is 10.9 Å². The summed E-state index contributed by atoms with van der Waals surface area (Å²) in [6.45, 7) is 10.8. The molecule has 2 rings (SSSR count). The van der Waals surface area contributed by atoms with Gasteiger partial charge in [0.1, 0.15) is 5.69 Å². The zero-order valence-corrected chi connectivity index (χ0v) is 13.6. The van der Waals surface area contributed by atoms with Crippen molar-refractivity contribution in [1.82, 2.24) is 9.78 Å². The largest absolute Gasteiger partial charge is 0.298 e.